The second-order valence-corrected chi connectivity index (χ2v) is 3.37. The van der Waals surface area contributed by atoms with Crippen LogP contribution in [-0.4, -0.2) is 30.3 Å². The van der Waals surface area contributed by atoms with Gasteiger partial charge in [0, 0.05) is 18.6 Å². The van der Waals surface area contributed by atoms with Gasteiger partial charge in [0.25, 0.3) is 0 Å². The van der Waals surface area contributed by atoms with Crippen LogP contribution in [0.15, 0.2) is 0 Å². The highest BCUT2D eigenvalue weighted by molar-refractivity contribution is 4.98. The predicted octanol–water partition coefficient (Wildman–Crippen LogP) is 1.73. The number of hydrogen-bond acceptors (Lipinski definition) is 2. The van der Waals surface area contributed by atoms with Gasteiger partial charge >= 0.3 is 0 Å². The topological polar surface area (TPSA) is 15.3 Å². The van der Waals surface area contributed by atoms with E-state index in [-0.39, 0.29) is 0 Å². The molecule has 2 fully saturated rings. The molecule has 2 heterocycles. The first-order chi connectivity index (χ1) is 5.81. The van der Waals surface area contributed by atoms with Gasteiger partial charge in [-0.3, -0.25) is 0 Å². The van der Waals surface area contributed by atoms with Crippen molar-refractivity contribution in [1.29, 1.82) is 0 Å². The minimum atomic E-state index is 0.350. The van der Waals surface area contributed by atoms with Crippen LogP contribution >= 0.6 is 0 Å². The molecule has 2 aliphatic rings. The zero-order valence-electron chi connectivity index (χ0n) is 8.07. The quantitative estimate of drug-likeness (QED) is 0.563. The Bertz CT molecular complexity index is 124. The number of nitrogens with one attached hydrogen (secondary N) is 1. The standard InChI is InChI=1S/C7H13FN2.C2H6/c8-10-5-2-7(3-6-10)1-4-9-7;1-2/h9H,1-6H2;1-2H3. The lowest BCUT2D eigenvalue weighted by atomic mass is 9.79. The molecule has 1 spiro atoms. The Morgan fingerprint density at radius 2 is 1.67 bits per heavy atom. The molecule has 0 atom stereocenters. The van der Waals surface area contributed by atoms with Gasteiger partial charge < -0.3 is 5.32 Å². The van der Waals surface area contributed by atoms with Crippen LogP contribution in [-0.2, 0) is 0 Å². The zero-order chi connectivity index (χ0) is 9.03. The van der Waals surface area contributed by atoms with Crippen molar-refractivity contribution < 1.29 is 4.48 Å². The normalized spacial score (nSPS) is 27.2. The van der Waals surface area contributed by atoms with E-state index in [1.54, 1.807) is 0 Å². The van der Waals surface area contributed by atoms with Crippen molar-refractivity contribution in [3.05, 3.63) is 0 Å². The minimum absolute atomic E-state index is 0.350. The molecule has 72 valence electrons. The number of rotatable bonds is 0. The first kappa shape index (κ1) is 9.93. The van der Waals surface area contributed by atoms with Gasteiger partial charge in [0.2, 0.25) is 0 Å². The average molecular weight is 174 g/mol. The summed E-state index contributed by atoms with van der Waals surface area (Å²) in [6.45, 7) is 6.37. The van der Waals surface area contributed by atoms with Crippen molar-refractivity contribution in [2.24, 2.45) is 0 Å². The summed E-state index contributed by atoms with van der Waals surface area (Å²) in [6.07, 6.45) is 3.23. The van der Waals surface area contributed by atoms with E-state index >= 15 is 0 Å². The van der Waals surface area contributed by atoms with Crippen molar-refractivity contribution in [2.75, 3.05) is 19.6 Å². The second-order valence-electron chi connectivity index (χ2n) is 3.37. The first-order valence-electron chi connectivity index (χ1n) is 4.97. The van der Waals surface area contributed by atoms with Gasteiger partial charge in [-0.25, -0.2) is 0 Å². The van der Waals surface area contributed by atoms with Gasteiger partial charge in [-0.15, -0.1) is 9.60 Å². The van der Waals surface area contributed by atoms with Crippen molar-refractivity contribution in [3.63, 3.8) is 0 Å². The Labute approximate surface area is 74.1 Å². The molecule has 2 rings (SSSR count). The summed E-state index contributed by atoms with van der Waals surface area (Å²) in [7, 11) is 0. The summed E-state index contributed by atoms with van der Waals surface area (Å²) in [5.41, 5.74) is 0.350. The third-order valence-corrected chi connectivity index (χ3v) is 2.77. The SMILES string of the molecule is CC.FN1CCC2(CCN2)CC1. The largest absolute Gasteiger partial charge is 0.311 e. The van der Waals surface area contributed by atoms with Gasteiger partial charge in [-0.1, -0.05) is 13.8 Å². The molecule has 12 heavy (non-hydrogen) atoms. The van der Waals surface area contributed by atoms with E-state index in [4.69, 9.17) is 0 Å². The smallest absolute Gasteiger partial charge is 0.0308 e. The average Bonchev–Trinajstić information content (AvgIpc) is 2.07. The van der Waals surface area contributed by atoms with Crippen LogP contribution in [0.25, 0.3) is 0 Å². The summed E-state index contributed by atoms with van der Waals surface area (Å²) in [5.74, 6) is 0. The van der Waals surface area contributed by atoms with E-state index in [0.29, 0.717) is 18.6 Å². The molecule has 0 radical (unpaired) electrons. The summed E-state index contributed by atoms with van der Waals surface area (Å²) in [4.78, 5) is 0. The molecular weight excluding hydrogens is 155 g/mol. The van der Waals surface area contributed by atoms with Crippen molar-refractivity contribution >= 4 is 0 Å². The van der Waals surface area contributed by atoms with Crippen LogP contribution in [0.5, 0.6) is 0 Å². The van der Waals surface area contributed by atoms with E-state index in [9.17, 15) is 4.48 Å². The zero-order valence-corrected chi connectivity index (χ0v) is 8.07. The molecule has 0 amide bonds. The number of halogens is 1. The van der Waals surface area contributed by atoms with Gasteiger partial charge in [0.05, 0.1) is 0 Å². The molecular formula is C9H19FN2. The highest BCUT2D eigenvalue weighted by Crippen LogP contribution is 2.30. The van der Waals surface area contributed by atoms with Crippen LogP contribution in [0.1, 0.15) is 33.1 Å². The summed E-state index contributed by atoms with van der Waals surface area (Å²) in [5, 5.41) is 4.31. The molecule has 2 aliphatic heterocycles. The lowest BCUT2D eigenvalue weighted by Crippen LogP contribution is -2.61. The van der Waals surface area contributed by atoms with E-state index < -0.39 is 0 Å². The van der Waals surface area contributed by atoms with Crippen LogP contribution in [0.3, 0.4) is 0 Å². The molecule has 3 heteroatoms. The van der Waals surface area contributed by atoms with E-state index in [0.717, 1.165) is 24.5 Å². The van der Waals surface area contributed by atoms with Gasteiger partial charge in [-0.05, 0) is 25.8 Å². The molecule has 2 nitrogen and oxygen atoms in total. The fourth-order valence-corrected chi connectivity index (χ4v) is 1.81. The highest BCUT2D eigenvalue weighted by atomic mass is 19.2. The van der Waals surface area contributed by atoms with Crippen LogP contribution in [0.4, 0.5) is 4.48 Å². The molecule has 0 aliphatic carbocycles. The van der Waals surface area contributed by atoms with Gasteiger partial charge in [0.15, 0.2) is 0 Å². The molecule has 1 N–H and O–H groups in total. The summed E-state index contributed by atoms with van der Waals surface area (Å²) in [6, 6.07) is 0. The minimum Gasteiger partial charge on any atom is -0.311 e. The molecule has 0 saturated carbocycles. The van der Waals surface area contributed by atoms with Crippen molar-refractivity contribution in [1.82, 2.24) is 10.4 Å². The van der Waals surface area contributed by atoms with Crippen LogP contribution < -0.4 is 5.32 Å². The molecule has 0 aromatic heterocycles. The Hall–Kier alpha value is -0.150. The Morgan fingerprint density at radius 3 is 2.00 bits per heavy atom. The maximum atomic E-state index is 12.5. The van der Waals surface area contributed by atoms with Gasteiger partial charge in [0.1, 0.15) is 0 Å². The summed E-state index contributed by atoms with van der Waals surface area (Å²) >= 11 is 0. The number of nitrogens with zero attached hydrogens (tertiary/aromatic N) is 1. The lowest BCUT2D eigenvalue weighted by Gasteiger charge is -2.47. The molecule has 0 aromatic carbocycles. The Balaban J connectivity index is 0.000000336. The number of hydrogen-bond donors (Lipinski definition) is 1. The van der Waals surface area contributed by atoms with Gasteiger partial charge in [-0.2, -0.15) is 0 Å². The maximum absolute atomic E-state index is 12.5. The first-order valence-corrected chi connectivity index (χ1v) is 4.97. The summed E-state index contributed by atoms with van der Waals surface area (Å²) < 4.78 is 12.5. The lowest BCUT2D eigenvalue weighted by molar-refractivity contribution is -0.0365. The van der Waals surface area contributed by atoms with Crippen molar-refractivity contribution in [2.45, 2.75) is 38.6 Å². The molecule has 2 saturated heterocycles. The van der Waals surface area contributed by atoms with E-state index in [1.807, 2.05) is 13.8 Å². The fourth-order valence-electron chi connectivity index (χ4n) is 1.81. The van der Waals surface area contributed by atoms with E-state index in [1.165, 1.54) is 6.42 Å². The molecule has 0 unspecified atom stereocenters. The highest BCUT2D eigenvalue weighted by Gasteiger charge is 2.39. The molecule has 0 bridgehead atoms. The third-order valence-electron chi connectivity index (χ3n) is 2.77. The predicted molar refractivity (Wildman–Crippen MR) is 48.6 cm³/mol. The second kappa shape index (κ2) is 4.19. The third kappa shape index (κ3) is 1.96. The van der Waals surface area contributed by atoms with E-state index in [2.05, 4.69) is 5.32 Å². The molecule has 0 aromatic rings. The maximum Gasteiger partial charge on any atom is 0.0308 e. The fraction of sp³-hybridized carbons (Fsp3) is 1.00. The number of piperidine rings is 1. The van der Waals surface area contributed by atoms with Crippen LogP contribution in [0, 0.1) is 0 Å². The van der Waals surface area contributed by atoms with Crippen LogP contribution in [0.2, 0.25) is 0 Å². The Kier molecular flexibility index (Phi) is 3.47. The Morgan fingerprint density at radius 1 is 1.17 bits per heavy atom. The monoisotopic (exact) mass is 174 g/mol. The van der Waals surface area contributed by atoms with Crippen molar-refractivity contribution in [3.8, 4) is 0 Å².